The zero-order valence-electron chi connectivity index (χ0n) is 11.6. The molecule has 1 rings (SSSR count). The third-order valence-electron chi connectivity index (χ3n) is 2.81. The van der Waals surface area contributed by atoms with Crippen LogP contribution in [0.1, 0.15) is 31.7 Å². The molecule has 0 amide bonds. The minimum Gasteiger partial charge on any atom is -0.489 e. The van der Waals surface area contributed by atoms with Crippen molar-refractivity contribution in [3.05, 3.63) is 27.7 Å². The fourth-order valence-corrected chi connectivity index (χ4v) is 2.53. The molecule has 1 N–H and O–H groups in total. The maximum atomic E-state index is 6.19. The predicted octanol–water partition coefficient (Wildman–Crippen LogP) is 4.88. The standard InChI is InChI=1S/C14H21Cl2NO.ClH/c1-4-5-12(6-7-17-3)18-14-10(2)8-11(15)9-13(14)16;/h8-9,12,17H,4-7H2,1-3H3;1H/t12-;/m1./s1. The number of hydrogen-bond donors (Lipinski definition) is 1. The Balaban J connectivity index is 0.00000324. The summed E-state index contributed by atoms with van der Waals surface area (Å²) in [6.07, 6.45) is 3.29. The first kappa shape index (κ1) is 18.9. The summed E-state index contributed by atoms with van der Waals surface area (Å²) in [7, 11) is 1.95. The van der Waals surface area contributed by atoms with E-state index in [1.807, 2.05) is 20.0 Å². The monoisotopic (exact) mass is 325 g/mol. The molecule has 0 unspecified atom stereocenters. The van der Waals surface area contributed by atoms with Gasteiger partial charge in [0.2, 0.25) is 0 Å². The molecule has 0 bridgehead atoms. The molecule has 0 fully saturated rings. The Morgan fingerprint density at radius 3 is 2.47 bits per heavy atom. The Labute approximate surface area is 132 Å². The van der Waals surface area contributed by atoms with Crippen LogP contribution in [0, 0.1) is 6.92 Å². The van der Waals surface area contributed by atoms with Gasteiger partial charge in [-0.2, -0.15) is 0 Å². The van der Waals surface area contributed by atoms with Gasteiger partial charge in [0, 0.05) is 5.02 Å². The highest BCUT2D eigenvalue weighted by molar-refractivity contribution is 6.35. The molecule has 0 aromatic heterocycles. The summed E-state index contributed by atoms with van der Waals surface area (Å²) >= 11 is 12.1. The van der Waals surface area contributed by atoms with Crippen LogP contribution in [0.5, 0.6) is 5.75 Å². The maximum absolute atomic E-state index is 6.19. The molecule has 0 aliphatic rings. The van der Waals surface area contributed by atoms with Crippen LogP contribution in [0.15, 0.2) is 12.1 Å². The van der Waals surface area contributed by atoms with Gasteiger partial charge in [0.25, 0.3) is 0 Å². The third kappa shape index (κ3) is 6.22. The van der Waals surface area contributed by atoms with Gasteiger partial charge in [0.1, 0.15) is 5.75 Å². The van der Waals surface area contributed by atoms with Crippen molar-refractivity contribution in [3.63, 3.8) is 0 Å². The molecule has 0 aliphatic heterocycles. The summed E-state index contributed by atoms with van der Waals surface area (Å²) in [4.78, 5) is 0. The van der Waals surface area contributed by atoms with Gasteiger partial charge in [-0.3, -0.25) is 0 Å². The van der Waals surface area contributed by atoms with Gasteiger partial charge in [-0.05, 0) is 51.1 Å². The molecule has 1 aromatic carbocycles. The summed E-state index contributed by atoms with van der Waals surface area (Å²) in [5.74, 6) is 0.760. The zero-order valence-corrected chi connectivity index (χ0v) is 14.0. The molecule has 1 atom stereocenters. The smallest absolute Gasteiger partial charge is 0.141 e. The van der Waals surface area contributed by atoms with Gasteiger partial charge in [-0.1, -0.05) is 36.5 Å². The van der Waals surface area contributed by atoms with E-state index in [-0.39, 0.29) is 18.5 Å². The van der Waals surface area contributed by atoms with Gasteiger partial charge in [0.15, 0.2) is 0 Å². The lowest BCUT2D eigenvalue weighted by atomic mass is 10.1. The lowest BCUT2D eigenvalue weighted by Crippen LogP contribution is -2.22. The largest absolute Gasteiger partial charge is 0.489 e. The van der Waals surface area contributed by atoms with E-state index < -0.39 is 0 Å². The molecule has 19 heavy (non-hydrogen) atoms. The highest BCUT2D eigenvalue weighted by atomic mass is 35.5. The molecule has 2 nitrogen and oxygen atoms in total. The Bertz CT molecular complexity index is 362. The number of rotatable bonds is 7. The SMILES string of the molecule is CCC[C@H](CCNC)Oc1c(C)cc(Cl)cc1Cl.Cl. The van der Waals surface area contributed by atoms with Crippen LogP contribution in [0.2, 0.25) is 10.0 Å². The summed E-state index contributed by atoms with van der Waals surface area (Å²) in [6, 6.07) is 3.61. The number of nitrogens with one attached hydrogen (secondary N) is 1. The molecular formula is C14H22Cl3NO. The van der Waals surface area contributed by atoms with Crippen LogP contribution in [0.25, 0.3) is 0 Å². The van der Waals surface area contributed by atoms with Crippen LogP contribution in [0.4, 0.5) is 0 Å². The quantitative estimate of drug-likeness (QED) is 0.771. The van der Waals surface area contributed by atoms with E-state index in [4.69, 9.17) is 27.9 Å². The van der Waals surface area contributed by atoms with E-state index in [1.54, 1.807) is 6.07 Å². The predicted molar refractivity (Wildman–Crippen MR) is 86.3 cm³/mol. The van der Waals surface area contributed by atoms with Gasteiger partial charge < -0.3 is 10.1 Å². The first-order valence-electron chi connectivity index (χ1n) is 6.35. The van der Waals surface area contributed by atoms with Crippen molar-refractivity contribution in [2.24, 2.45) is 0 Å². The molecule has 0 saturated heterocycles. The van der Waals surface area contributed by atoms with Crippen molar-refractivity contribution < 1.29 is 4.74 Å². The molecule has 0 radical (unpaired) electrons. The summed E-state index contributed by atoms with van der Waals surface area (Å²) in [6.45, 7) is 5.06. The van der Waals surface area contributed by atoms with E-state index in [9.17, 15) is 0 Å². The fraction of sp³-hybridized carbons (Fsp3) is 0.571. The lowest BCUT2D eigenvalue weighted by Gasteiger charge is -2.21. The van der Waals surface area contributed by atoms with Crippen molar-refractivity contribution in [2.75, 3.05) is 13.6 Å². The van der Waals surface area contributed by atoms with Gasteiger partial charge in [0.05, 0.1) is 11.1 Å². The Kier molecular flexibility index (Phi) is 9.63. The van der Waals surface area contributed by atoms with E-state index in [0.717, 1.165) is 37.1 Å². The van der Waals surface area contributed by atoms with Crippen LogP contribution < -0.4 is 10.1 Å². The number of aryl methyl sites for hydroxylation is 1. The minimum atomic E-state index is 0. The van der Waals surface area contributed by atoms with Crippen molar-refractivity contribution in [1.29, 1.82) is 0 Å². The van der Waals surface area contributed by atoms with E-state index in [2.05, 4.69) is 12.2 Å². The van der Waals surface area contributed by atoms with Crippen molar-refractivity contribution in [1.82, 2.24) is 5.32 Å². The van der Waals surface area contributed by atoms with Crippen molar-refractivity contribution >= 4 is 35.6 Å². The molecule has 0 saturated carbocycles. The molecule has 0 spiro atoms. The highest BCUT2D eigenvalue weighted by Gasteiger charge is 2.14. The van der Waals surface area contributed by atoms with Crippen LogP contribution in [-0.4, -0.2) is 19.7 Å². The van der Waals surface area contributed by atoms with E-state index in [0.29, 0.717) is 10.0 Å². The van der Waals surface area contributed by atoms with Gasteiger partial charge in [-0.15, -0.1) is 12.4 Å². The molecule has 110 valence electrons. The Morgan fingerprint density at radius 2 is 1.95 bits per heavy atom. The second-order valence-corrected chi connectivity index (χ2v) is 5.30. The topological polar surface area (TPSA) is 21.3 Å². The molecule has 5 heteroatoms. The zero-order chi connectivity index (χ0) is 13.5. The van der Waals surface area contributed by atoms with Gasteiger partial charge in [-0.25, -0.2) is 0 Å². The highest BCUT2D eigenvalue weighted by Crippen LogP contribution is 2.33. The lowest BCUT2D eigenvalue weighted by molar-refractivity contribution is 0.179. The Hall–Kier alpha value is -0.150. The average Bonchev–Trinajstić information content (AvgIpc) is 2.30. The van der Waals surface area contributed by atoms with Crippen molar-refractivity contribution in [2.45, 2.75) is 39.2 Å². The number of hydrogen-bond acceptors (Lipinski definition) is 2. The first-order chi connectivity index (χ1) is 8.58. The minimum absolute atomic E-state index is 0. The van der Waals surface area contributed by atoms with Crippen LogP contribution >= 0.6 is 35.6 Å². The van der Waals surface area contributed by atoms with Crippen LogP contribution in [-0.2, 0) is 0 Å². The maximum Gasteiger partial charge on any atom is 0.141 e. The second-order valence-electron chi connectivity index (χ2n) is 4.45. The summed E-state index contributed by atoms with van der Waals surface area (Å²) in [5, 5.41) is 4.38. The summed E-state index contributed by atoms with van der Waals surface area (Å²) in [5.41, 5.74) is 0.984. The van der Waals surface area contributed by atoms with E-state index >= 15 is 0 Å². The number of halogens is 3. The van der Waals surface area contributed by atoms with E-state index in [1.165, 1.54) is 0 Å². The molecular weight excluding hydrogens is 305 g/mol. The van der Waals surface area contributed by atoms with Gasteiger partial charge >= 0.3 is 0 Å². The third-order valence-corrected chi connectivity index (χ3v) is 3.30. The normalized spacial score (nSPS) is 11.8. The average molecular weight is 327 g/mol. The van der Waals surface area contributed by atoms with Crippen LogP contribution in [0.3, 0.4) is 0 Å². The second kappa shape index (κ2) is 9.71. The molecule has 0 aliphatic carbocycles. The number of benzene rings is 1. The first-order valence-corrected chi connectivity index (χ1v) is 7.11. The molecule has 1 aromatic rings. The van der Waals surface area contributed by atoms with Crippen molar-refractivity contribution in [3.8, 4) is 5.75 Å². The Morgan fingerprint density at radius 1 is 1.26 bits per heavy atom. The fourth-order valence-electron chi connectivity index (χ4n) is 1.89. The number of ether oxygens (including phenoxy) is 1. The molecule has 0 heterocycles. The summed E-state index contributed by atoms with van der Waals surface area (Å²) < 4.78 is 6.04.